The molecule has 0 aliphatic heterocycles. The smallest absolute Gasteiger partial charge is 0.425 e. The number of halogens is 14. The highest BCUT2D eigenvalue weighted by molar-refractivity contribution is 7.59. The van der Waals surface area contributed by atoms with E-state index >= 15 is 0 Å². The van der Waals surface area contributed by atoms with Crippen LogP contribution >= 0.6 is 0 Å². The fraction of sp³-hybridized carbons (Fsp3) is 0.627. The lowest BCUT2D eigenvalue weighted by atomic mass is 9.94. The number of methoxy groups -OCH3 is 1. The molecule has 0 radical (unpaired) electrons. The van der Waals surface area contributed by atoms with Crippen LogP contribution in [0.25, 0.3) is 10.8 Å². The number of hydrogen-bond acceptors (Lipinski definition) is 12. The number of benzene rings is 4. The first kappa shape index (κ1) is 84.5. The number of ether oxygens (including phenoxy) is 3. The first-order valence-electron chi connectivity index (χ1n) is 29.0. The van der Waals surface area contributed by atoms with Gasteiger partial charge in [0.05, 0.1) is 25.7 Å². The summed E-state index contributed by atoms with van der Waals surface area (Å²) in [7, 11) is -8.48. The molecule has 2 atom stereocenters. The third-order valence-electron chi connectivity index (χ3n) is 13.4. The maximum Gasteiger partial charge on any atom is 0.425 e. The van der Waals surface area contributed by atoms with Crippen molar-refractivity contribution in [2.24, 2.45) is 11.8 Å². The SMILES string of the molecule is CCCCCCCCC(CCCCCC)COc1cc(F)c(F)c(F)c1F.CCCCCCCCCCC(CCCCCCCC)COc1cc(F)c(F)c(F)c1F.COc1c(F)c(F)cc2c(F)c(F)c(F)c(F)c12.O=S(=O)=O.O=S(=O)=O.O=S(=O)=O. The Morgan fingerprint density at radius 3 is 0.864 bits per heavy atom. The Labute approximate surface area is 510 Å². The first-order chi connectivity index (χ1) is 41.6. The second-order valence-electron chi connectivity index (χ2n) is 20.2. The van der Waals surface area contributed by atoms with E-state index in [1.54, 1.807) is 0 Å². The lowest BCUT2D eigenvalue weighted by Crippen LogP contribution is -2.14. The molecule has 504 valence electrons. The van der Waals surface area contributed by atoms with Crippen LogP contribution in [0.3, 0.4) is 0 Å². The van der Waals surface area contributed by atoms with Gasteiger partial charge in [-0.2, -0.15) is 13.2 Å². The Morgan fingerprint density at radius 2 is 0.568 bits per heavy atom. The van der Waals surface area contributed by atoms with Crippen LogP contribution in [0.15, 0.2) is 18.2 Å². The highest BCUT2D eigenvalue weighted by atomic mass is 32.2. The van der Waals surface area contributed by atoms with Crippen LogP contribution in [0.2, 0.25) is 0 Å². The van der Waals surface area contributed by atoms with Gasteiger partial charge in [0.2, 0.25) is 29.1 Å². The zero-order chi connectivity index (χ0) is 67.3. The summed E-state index contributed by atoms with van der Waals surface area (Å²) >= 11 is 0. The molecule has 0 amide bonds. The molecule has 4 aromatic rings. The Morgan fingerprint density at radius 1 is 0.318 bits per heavy atom. The van der Waals surface area contributed by atoms with E-state index in [4.69, 9.17) is 47.4 Å². The van der Waals surface area contributed by atoms with Gasteiger partial charge in [-0.05, 0) is 43.6 Å². The van der Waals surface area contributed by atoms with Gasteiger partial charge in [-0.1, -0.05) is 182 Å². The molecule has 2 unspecified atom stereocenters. The van der Waals surface area contributed by atoms with E-state index in [2.05, 4.69) is 32.4 Å². The largest absolute Gasteiger partial charge is 0.493 e. The van der Waals surface area contributed by atoms with Gasteiger partial charge in [0.15, 0.2) is 69.6 Å². The third kappa shape index (κ3) is 36.2. The van der Waals surface area contributed by atoms with E-state index in [1.807, 2.05) is 0 Å². The Bertz CT molecular complexity index is 2920. The number of fused-ring (bicyclic) bond motifs is 1. The summed E-state index contributed by atoms with van der Waals surface area (Å²) in [5, 5.41) is -1.94. The van der Waals surface area contributed by atoms with Crippen molar-refractivity contribution in [3.05, 3.63) is 99.6 Å². The molecule has 0 aliphatic carbocycles. The minimum absolute atomic E-state index is 0.197. The first-order valence-corrected chi connectivity index (χ1v) is 32.0. The van der Waals surface area contributed by atoms with E-state index in [1.165, 1.54) is 96.3 Å². The number of unbranched alkanes of at least 4 members (excludes halogenated alkanes) is 20. The molecule has 0 heterocycles. The van der Waals surface area contributed by atoms with Gasteiger partial charge >= 0.3 is 31.8 Å². The average molecular weight is 1340 g/mol. The Balaban J connectivity index is 0. The summed E-state index contributed by atoms with van der Waals surface area (Å²) in [5.74, 6) is -25.8. The van der Waals surface area contributed by atoms with Gasteiger partial charge in [-0.15, -0.1) is 37.9 Å². The molecule has 0 saturated heterocycles. The minimum atomic E-state index is -3.11. The summed E-state index contributed by atoms with van der Waals surface area (Å²) in [4.78, 5) is 0. The molecule has 12 nitrogen and oxygen atoms in total. The van der Waals surface area contributed by atoms with Crippen LogP contribution < -0.4 is 14.2 Å². The molecule has 29 heteroatoms. The van der Waals surface area contributed by atoms with Crippen molar-refractivity contribution in [1.82, 2.24) is 0 Å². The van der Waals surface area contributed by atoms with Crippen molar-refractivity contribution in [3.8, 4) is 17.2 Å². The maximum atomic E-state index is 13.9. The highest BCUT2D eigenvalue weighted by Crippen LogP contribution is 2.37. The van der Waals surface area contributed by atoms with E-state index < -0.39 is 141 Å². The van der Waals surface area contributed by atoms with Crippen molar-refractivity contribution >= 4 is 42.6 Å². The number of rotatable bonds is 35. The van der Waals surface area contributed by atoms with Crippen LogP contribution in [-0.4, -0.2) is 58.2 Å². The van der Waals surface area contributed by atoms with Crippen molar-refractivity contribution in [1.29, 1.82) is 0 Å². The predicted octanol–water partition coefficient (Wildman–Crippen LogP) is 18.1. The lowest BCUT2D eigenvalue weighted by Gasteiger charge is -2.18. The van der Waals surface area contributed by atoms with Crippen molar-refractivity contribution in [3.63, 3.8) is 0 Å². The molecular weight excluding hydrogens is 1260 g/mol. The normalized spacial score (nSPS) is 11.2. The summed E-state index contributed by atoms with van der Waals surface area (Å²) in [5.41, 5.74) is 0. The fourth-order valence-electron chi connectivity index (χ4n) is 8.81. The zero-order valence-electron chi connectivity index (χ0n) is 50.0. The molecule has 0 N–H and O–H groups in total. The molecule has 4 aromatic carbocycles. The van der Waals surface area contributed by atoms with Crippen LogP contribution in [0, 0.1) is 93.3 Å². The summed E-state index contributed by atoms with van der Waals surface area (Å²) in [6, 6.07) is 1.42. The standard InChI is InChI=1S/C26H42F4O.C22H34F4O.C11H4F6O.3O3S/c1-3-5-7-9-11-12-14-16-18-21(17-15-13-10-8-6-4-2)20-31-23-19-22(27)24(28)26(30)25(23)29;1-3-5-7-9-10-12-14-17(13-11-8-6-4-2)16-27-19-15-18(23)20(24)22(26)21(19)25;1-18-11-5-3(2-4(12)7(11)14)6(13)9(16)10(17)8(5)15;3*1-4(2)3/h19,21H,3-18,20H2,1-2H3;15,17H,3-14,16H2,1-2H3;2H,1H3;;;. The molecule has 0 bridgehead atoms. The Kier molecular flexibility index (Phi) is 48.2. The van der Waals surface area contributed by atoms with E-state index in [0.717, 1.165) is 90.6 Å². The van der Waals surface area contributed by atoms with Crippen molar-refractivity contribution in [2.75, 3.05) is 20.3 Å². The highest BCUT2D eigenvalue weighted by Gasteiger charge is 2.27. The van der Waals surface area contributed by atoms with Crippen molar-refractivity contribution < 1.29 is 114 Å². The fourth-order valence-corrected chi connectivity index (χ4v) is 8.81. The topological polar surface area (TPSA) is 181 Å². The van der Waals surface area contributed by atoms with Crippen molar-refractivity contribution in [2.45, 2.75) is 207 Å². The quantitative estimate of drug-likeness (QED) is 0.0184. The van der Waals surface area contributed by atoms with Crippen LogP contribution in [0.4, 0.5) is 61.5 Å². The predicted molar refractivity (Wildman–Crippen MR) is 302 cm³/mol. The molecule has 0 spiro atoms. The lowest BCUT2D eigenvalue weighted by molar-refractivity contribution is 0.211. The molecule has 88 heavy (non-hydrogen) atoms. The summed E-state index contributed by atoms with van der Waals surface area (Å²) in [6.07, 6.45) is 32.5. The molecule has 0 saturated carbocycles. The third-order valence-corrected chi connectivity index (χ3v) is 13.4. The molecular formula is C59H80F14O12S3. The van der Waals surface area contributed by atoms with Crippen LogP contribution in [0.1, 0.15) is 207 Å². The second kappa shape index (κ2) is 50.2. The van der Waals surface area contributed by atoms with Gasteiger partial charge in [-0.25, -0.2) is 48.3 Å². The second-order valence-corrected chi connectivity index (χ2v) is 21.4. The van der Waals surface area contributed by atoms with E-state index in [9.17, 15) is 61.5 Å². The van der Waals surface area contributed by atoms with Crippen LogP contribution in [0.5, 0.6) is 17.2 Å². The number of hydrogen-bond donors (Lipinski definition) is 0. The molecule has 0 aromatic heterocycles. The average Bonchev–Trinajstić information content (AvgIpc) is 0.948. The maximum absolute atomic E-state index is 13.9. The van der Waals surface area contributed by atoms with Crippen LogP contribution in [-0.2, 0) is 31.8 Å². The summed E-state index contributed by atoms with van der Waals surface area (Å²) in [6.45, 7) is 9.14. The van der Waals surface area contributed by atoms with Gasteiger partial charge < -0.3 is 14.2 Å². The molecule has 0 aliphatic rings. The Hall–Kier alpha value is -5.58. The van der Waals surface area contributed by atoms with E-state index in [0.29, 0.717) is 12.1 Å². The zero-order valence-corrected chi connectivity index (χ0v) is 52.5. The van der Waals surface area contributed by atoms with Gasteiger partial charge in [0.1, 0.15) is 0 Å². The summed E-state index contributed by atoms with van der Waals surface area (Å²) < 4.78 is 278. The monoisotopic (exact) mass is 1340 g/mol. The molecule has 0 fully saturated rings. The van der Waals surface area contributed by atoms with Gasteiger partial charge in [-0.3, -0.25) is 0 Å². The minimum Gasteiger partial charge on any atom is -0.493 e. The van der Waals surface area contributed by atoms with Gasteiger partial charge in [0.25, 0.3) is 0 Å². The van der Waals surface area contributed by atoms with Gasteiger partial charge in [0, 0.05) is 17.5 Å². The van der Waals surface area contributed by atoms with E-state index in [-0.39, 0.29) is 31.1 Å². The molecule has 4 rings (SSSR count).